The molecule has 1 N–H and O–H groups in total. The Morgan fingerprint density at radius 3 is 2.52 bits per heavy atom. The van der Waals surface area contributed by atoms with Crippen LogP contribution in [0.15, 0.2) is 59.4 Å². The van der Waals surface area contributed by atoms with Crippen molar-refractivity contribution in [2.45, 2.75) is 13.5 Å². The minimum absolute atomic E-state index is 0.00576. The van der Waals surface area contributed by atoms with Gasteiger partial charge >= 0.3 is 0 Å². The Kier molecular flexibility index (Phi) is 5.62. The van der Waals surface area contributed by atoms with E-state index < -0.39 is 0 Å². The second-order valence-corrected chi connectivity index (χ2v) is 7.47. The van der Waals surface area contributed by atoms with Crippen molar-refractivity contribution in [3.63, 3.8) is 0 Å². The maximum absolute atomic E-state index is 12.4. The molecular formula is C23H25N3O3. The maximum Gasteiger partial charge on any atom is 0.260 e. The Labute approximate surface area is 169 Å². The van der Waals surface area contributed by atoms with Gasteiger partial charge in [0.2, 0.25) is 0 Å². The third-order valence-corrected chi connectivity index (χ3v) is 5.33. The average molecular weight is 391 g/mol. The molecule has 150 valence electrons. The zero-order chi connectivity index (χ0) is 20.2. The van der Waals surface area contributed by atoms with Crippen molar-refractivity contribution < 1.29 is 9.53 Å². The minimum atomic E-state index is -0.0475. The van der Waals surface area contributed by atoms with Crippen molar-refractivity contribution >= 4 is 16.8 Å². The summed E-state index contributed by atoms with van der Waals surface area (Å²) in [6.07, 6.45) is 0. The molecule has 1 saturated heterocycles. The van der Waals surface area contributed by atoms with Crippen molar-refractivity contribution in [2.75, 3.05) is 32.8 Å². The largest absolute Gasteiger partial charge is 0.484 e. The number of hydrogen-bond donors (Lipinski definition) is 1. The first-order chi connectivity index (χ1) is 14.1. The molecule has 6 nitrogen and oxygen atoms in total. The van der Waals surface area contributed by atoms with Crippen LogP contribution in [0.4, 0.5) is 0 Å². The lowest BCUT2D eigenvalue weighted by atomic mass is 10.1. The van der Waals surface area contributed by atoms with Crippen LogP contribution in [-0.2, 0) is 11.3 Å². The summed E-state index contributed by atoms with van der Waals surface area (Å²) in [5, 5.41) is 1.03. The number of aromatic nitrogens is 1. The number of benzene rings is 2. The van der Waals surface area contributed by atoms with Gasteiger partial charge in [0.15, 0.2) is 6.61 Å². The maximum atomic E-state index is 12.4. The van der Waals surface area contributed by atoms with E-state index in [9.17, 15) is 9.59 Å². The number of hydrogen-bond acceptors (Lipinski definition) is 4. The fourth-order valence-electron chi connectivity index (χ4n) is 3.58. The van der Waals surface area contributed by atoms with E-state index in [1.807, 2.05) is 66.4 Å². The van der Waals surface area contributed by atoms with E-state index in [-0.39, 0.29) is 18.1 Å². The summed E-state index contributed by atoms with van der Waals surface area (Å²) in [5.74, 6) is 0.701. The van der Waals surface area contributed by atoms with Crippen LogP contribution in [0.5, 0.6) is 5.75 Å². The normalized spacial score (nSPS) is 14.9. The number of aromatic amines is 1. The molecule has 0 unspecified atom stereocenters. The number of aryl methyl sites for hydroxylation is 1. The first-order valence-electron chi connectivity index (χ1n) is 9.89. The predicted octanol–water partition coefficient (Wildman–Crippen LogP) is 2.56. The summed E-state index contributed by atoms with van der Waals surface area (Å²) in [6.45, 7) is 5.41. The van der Waals surface area contributed by atoms with E-state index in [2.05, 4.69) is 9.88 Å². The van der Waals surface area contributed by atoms with Crippen LogP contribution < -0.4 is 10.3 Å². The lowest BCUT2D eigenvalue weighted by molar-refractivity contribution is -0.135. The van der Waals surface area contributed by atoms with E-state index >= 15 is 0 Å². The third-order valence-electron chi connectivity index (χ3n) is 5.33. The molecule has 0 radical (unpaired) electrons. The highest BCUT2D eigenvalue weighted by Gasteiger charge is 2.22. The second kappa shape index (κ2) is 8.49. The van der Waals surface area contributed by atoms with Crippen molar-refractivity contribution in [3.8, 4) is 5.75 Å². The highest BCUT2D eigenvalue weighted by molar-refractivity contribution is 5.79. The fourth-order valence-corrected chi connectivity index (χ4v) is 3.58. The molecule has 0 atom stereocenters. The van der Waals surface area contributed by atoms with Crippen molar-refractivity contribution in [2.24, 2.45) is 0 Å². The number of rotatable bonds is 5. The number of fused-ring (bicyclic) bond motifs is 1. The van der Waals surface area contributed by atoms with Crippen LogP contribution in [0.1, 0.15) is 11.1 Å². The van der Waals surface area contributed by atoms with Gasteiger partial charge in [-0.3, -0.25) is 14.5 Å². The predicted molar refractivity (Wildman–Crippen MR) is 113 cm³/mol. The Hall–Kier alpha value is -3.12. The molecule has 2 aromatic carbocycles. The van der Waals surface area contributed by atoms with E-state index in [1.165, 1.54) is 0 Å². The number of nitrogens with zero attached hydrogens (tertiary/aromatic N) is 2. The molecule has 0 saturated carbocycles. The molecule has 0 spiro atoms. The molecule has 1 aliphatic rings. The molecule has 2 heterocycles. The summed E-state index contributed by atoms with van der Waals surface area (Å²) in [4.78, 5) is 31.8. The first kappa shape index (κ1) is 19.2. The zero-order valence-corrected chi connectivity index (χ0v) is 16.6. The van der Waals surface area contributed by atoms with E-state index in [0.29, 0.717) is 25.4 Å². The molecule has 29 heavy (non-hydrogen) atoms. The van der Waals surface area contributed by atoms with Crippen LogP contribution >= 0.6 is 0 Å². The van der Waals surface area contributed by atoms with Gasteiger partial charge in [-0.05, 0) is 36.6 Å². The van der Waals surface area contributed by atoms with Gasteiger partial charge in [-0.2, -0.15) is 0 Å². The van der Waals surface area contributed by atoms with Gasteiger partial charge in [0.1, 0.15) is 5.75 Å². The van der Waals surface area contributed by atoms with Gasteiger partial charge in [-0.25, -0.2) is 0 Å². The second-order valence-electron chi connectivity index (χ2n) is 7.47. The van der Waals surface area contributed by atoms with E-state index in [4.69, 9.17) is 4.74 Å². The Morgan fingerprint density at radius 1 is 1.03 bits per heavy atom. The lowest BCUT2D eigenvalue weighted by Crippen LogP contribution is -2.49. The van der Waals surface area contributed by atoms with Gasteiger partial charge < -0.3 is 14.6 Å². The quantitative estimate of drug-likeness (QED) is 0.726. The van der Waals surface area contributed by atoms with Crippen LogP contribution in [0, 0.1) is 6.92 Å². The zero-order valence-electron chi connectivity index (χ0n) is 16.6. The topological polar surface area (TPSA) is 65.6 Å². The number of carbonyl (C=O) groups is 1. The molecule has 0 aliphatic carbocycles. The number of carbonyl (C=O) groups excluding carboxylic acids is 1. The van der Waals surface area contributed by atoms with Gasteiger partial charge in [-0.1, -0.05) is 35.9 Å². The van der Waals surface area contributed by atoms with Crippen molar-refractivity contribution in [1.29, 1.82) is 0 Å². The summed E-state index contributed by atoms with van der Waals surface area (Å²) >= 11 is 0. The number of piperazine rings is 1. The minimum Gasteiger partial charge on any atom is -0.484 e. The molecule has 0 bridgehead atoms. The standard InChI is InChI=1S/C23H25N3O3/c1-17-6-8-20(9-7-17)29-16-22(27)26-12-10-25(11-13-26)15-19-14-18-4-2-3-5-21(18)24-23(19)28/h2-9,14H,10-13,15-16H2,1H3,(H,24,28). The van der Waals surface area contributed by atoms with Gasteiger partial charge in [0.25, 0.3) is 11.5 Å². The number of pyridine rings is 1. The Bertz CT molecular complexity index is 1050. The molecular weight excluding hydrogens is 366 g/mol. The Morgan fingerprint density at radius 2 is 1.76 bits per heavy atom. The van der Waals surface area contributed by atoms with Gasteiger partial charge in [0.05, 0.1) is 0 Å². The fraction of sp³-hybridized carbons (Fsp3) is 0.304. The number of ether oxygens (including phenoxy) is 1. The Balaban J connectivity index is 1.30. The van der Waals surface area contributed by atoms with Gasteiger partial charge in [0, 0.05) is 43.8 Å². The number of nitrogens with one attached hydrogen (secondary N) is 1. The van der Waals surface area contributed by atoms with Crippen LogP contribution in [0.3, 0.4) is 0 Å². The number of amides is 1. The molecule has 1 aromatic heterocycles. The smallest absolute Gasteiger partial charge is 0.260 e. The third kappa shape index (κ3) is 4.66. The SMILES string of the molecule is Cc1ccc(OCC(=O)N2CCN(Cc3cc4ccccc4[nH]c3=O)CC2)cc1. The van der Waals surface area contributed by atoms with Crippen LogP contribution in [0.2, 0.25) is 0 Å². The summed E-state index contributed by atoms with van der Waals surface area (Å²) < 4.78 is 5.60. The lowest BCUT2D eigenvalue weighted by Gasteiger charge is -2.34. The monoisotopic (exact) mass is 391 g/mol. The van der Waals surface area contributed by atoms with Crippen LogP contribution in [-0.4, -0.2) is 53.5 Å². The highest BCUT2D eigenvalue weighted by atomic mass is 16.5. The summed E-state index contributed by atoms with van der Waals surface area (Å²) in [5.41, 5.74) is 2.72. The van der Waals surface area contributed by atoms with E-state index in [0.717, 1.165) is 35.1 Å². The number of para-hydroxylation sites is 1. The first-order valence-corrected chi connectivity index (χ1v) is 9.89. The van der Waals surface area contributed by atoms with Crippen molar-refractivity contribution in [3.05, 3.63) is 76.1 Å². The average Bonchev–Trinajstić information content (AvgIpc) is 2.74. The molecule has 4 rings (SSSR count). The number of H-pyrrole nitrogens is 1. The molecule has 3 aromatic rings. The van der Waals surface area contributed by atoms with Gasteiger partial charge in [-0.15, -0.1) is 0 Å². The van der Waals surface area contributed by atoms with Crippen LogP contribution in [0.25, 0.3) is 10.9 Å². The van der Waals surface area contributed by atoms with E-state index in [1.54, 1.807) is 0 Å². The van der Waals surface area contributed by atoms with Crippen molar-refractivity contribution in [1.82, 2.24) is 14.8 Å². The summed E-state index contributed by atoms with van der Waals surface area (Å²) in [7, 11) is 0. The molecule has 6 heteroatoms. The highest BCUT2D eigenvalue weighted by Crippen LogP contribution is 2.14. The summed E-state index contributed by atoms with van der Waals surface area (Å²) in [6, 6.07) is 17.4. The molecule has 1 amide bonds. The molecule has 1 fully saturated rings. The molecule has 1 aliphatic heterocycles.